The lowest BCUT2D eigenvalue weighted by molar-refractivity contribution is -0.130. The second-order valence-electron chi connectivity index (χ2n) is 5.39. The second kappa shape index (κ2) is 6.61. The van der Waals surface area contributed by atoms with Crippen LogP contribution in [0.4, 0.5) is 5.69 Å². The number of aromatic hydroxyl groups is 1. The molecule has 2 N–H and O–H groups in total. The van der Waals surface area contributed by atoms with E-state index in [-0.39, 0.29) is 5.91 Å². The lowest BCUT2D eigenvalue weighted by Crippen LogP contribution is -2.51. The van der Waals surface area contributed by atoms with E-state index >= 15 is 0 Å². The summed E-state index contributed by atoms with van der Waals surface area (Å²) >= 11 is 0. The monoisotopic (exact) mass is 277 g/mol. The first-order valence-electron chi connectivity index (χ1n) is 7.12. The molecule has 1 amide bonds. The molecule has 2 rings (SSSR count). The third kappa shape index (κ3) is 3.63. The molecule has 1 saturated heterocycles. The summed E-state index contributed by atoms with van der Waals surface area (Å²) in [5, 5.41) is 13.0. The van der Waals surface area contributed by atoms with E-state index in [2.05, 4.69) is 10.2 Å². The fourth-order valence-electron chi connectivity index (χ4n) is 2.33. The van der Waals surface area contributed by atoms with Gasteiger partial charge in [0.1, 0.15) is 5.75 Å². The summed E-state index contributed by atoms with van der Waals surface area (Å²) in [4.78, 5) is 16.0. The van der Waals surface area contributed by atoms with Crippen LogP contribution in [0.3, 0.4) is 0 Å². The van der Waals surface area contributed by atoms with E-state index in [1.807, 2.05) is 36.9 Å². The third-order valence-electron chi connectivity index (χ3n) is 3.52. The van der Waals surface area contributed by atoms with Gasteiger partial charge in [-0.15, -0.1) is 0 Å². The number of amides is 1. The van der Waals surface area contributed by atoms with Gasteiger partial charge in [0.25, 0.3) is 0 Å². The summed E-state index contributed by atoms with van der Waals surface area (Å²) in [6.45, 7) is 7.37. The Morgan fingerprint density at radius 3 is 2.50 bits per heavy atom. The van der Waals surface area contributed by atoms with Gasteiger partial charge in [-0.05, 0) is 12.1 Å². The highest BCUT2D eigenvalue weighted by Gasteiger charge is 2.22. The fraction of sp³-hybridized carbons (Fsp3) is 0.533. The standard InChI is InChI=1S/C15H23N3O2/c1-12(2)16-11-15(20)18-9-7-17(8-10-18)13-5-3-4-6-14(13)19/h3-6,12,16,19H,7-11H2,1-2H3. The van der Waals surface area contributed by atoms with Crippen LogP contribution in [0.2, 0.25) is 0 Å². The molecule has 20 heavy (non-hydrogen) atoms. The molecule has 1 heterocycles. The molecule has 1 aromatic rings. The first kappa shape index (κ1) is 14.7. The average molecular weight is 277 g/mol. The van der Waals surface area contributed by atoms with Crippen molar-refractivity contribution in [3.8, 4) is 5.75 Å². The number of para-hydroxylation sites is 2. The topological polar surface area (TPSA) is 55.8 Å². The van der Waals surface area contributed by atoms with Crippen LogP contribution in [-0.2, 0) is 4.79 Å². The van der Waals surface area contributed by atoms with Gasteiger partial charge in [-0.25, -0.2) is 0 Å². The molecule has 1 aliphatic heterocycles. The van der Waals surface area contributed by atoms with Crippen molar-refractivity contribution in [2.24, 2.45) is 0 Å². The van der Waals surface area contributed by atoms with E-state index < -0.39 is 0 Å². The molecule has 0 bridgehead atoms. The third-order valence-corrected chi connectivity index (χ3v) is 3.52. The summed E-state index contributed by atoms with van der Waals surface area (Å²) < 4.78 is 0. The first-order chi connectivity index (χ1) is 9.58. The summed E-state index contributed by atoms with van der Waals surface area (Å²) in [5.41, 5.74) is 0.847. The van der Waals surface area contributed by atoms with Crippen LogP contribution in [0.1, 0.15) is 13.8 Å². The maximum Gasteiger partial charge on any atom is 0.236 e. The molecule has 0 spiro atoms. The van der Waals surface area contributed by atoms with Gasteiger partial charge in [0.05, 0.1) is 12.2 Å². The minimum atomic E-state index is 0.149. The molecule has 110 valence electrons. The molecule has 1 fully saturated rings. The Hall–Kier alpha value is -1.75. The molecule has 5 nitrogen and oxygen atoms in total. The number of nitrogens with zero attached hydrogens (tertiary/aromatic N) is 2. The highest BCUT2D eigenvalue weighted by molar-refractivity contribution is 5.78. The Kier molecular flexibility index (Phi) is 4.84. The van der Waals surface area contributed by atoms with Crippen molar-refractivity contribution in [3.63, 3.8) is 0 Å². The van der Waals surface area contributed by atoms with Crippen molar-refractivity contribution in [2.45, 2.75) is 19.9 Å². The second-order valence-corrected chi connectivity index (χ2v) is 5.39. The Morgan fingerprint density at radius 1 is 1.25 bits per heavy atom. The van der Waals surface area contributed by atoms with Crippen molar-refractivity contribution in [2.75, 3.05) is 37.6 Å². The predicted octanol–water partition coefficient (Wildman–Crippen LogP) is 1.04. The number of carbonyl (C=O) groups is 1. The van der Waals surface area contributed by atoms with Gasteiger partial charge in [0.15, 0.2) is 0 Å². The van der Waals surface area contributed by atoms with Gasteiger partial charge in [-0.2, -0.15) is 0 Å². The summed E-state index contributed by atoms with van der Waals surface area (Å²) in [7, 11) is 0. The Bertz CT molecular complexity index is 454. The van der Waals surface area contributed by atoms with Crippen molar-refractivity contribution in [1.29, 1.82) is 0 Å². The van der Waals surface area contributed by atoms with Crippen molar-refractivity contribution in [1.82, 2.24) is 10.2 Å². The predicted molar refractivity (Wildman–Crippen MR) is 80.0 cm³/mol. The summed E-state index contributed by atoms with van der Waals surface area (Å²) in [6.07, 6.45) is 0. The van der Waals surface area contributed by atoms with E-state index in [0.29, 0.717) is 31.4 Å². The van der Waals surface area contributed by atoms with E-state index in [1.165, 1.54) is 0 Å². The smallest absolute Gasteiger partial charge is 0.236 e. The van der Waals surface area contributed by atoms with Gasteiger partial charge in [0, 0.05) is 32.2 Å². The average Bonchev–Trinajstić information content (AvgIpc) is 2.45. The molecule has 0 radical (unpaired) electrons. The molecule has 1 aliphatic rings. The number of anilines is 1. The minimum absolute atomic E-state index is 0.149. The zero-order valence-electron chi connectivity index (χ0n) is 12.2. The maximum absolute atomic E-state index is 12.0. The normalized spacial score (nSPS) is 15.8. The lowest BCUT2D eigenvalue weighted by atomic mass is 10.2. The molecular weight excluding hydrogens is 254 g/mol. The quantitative estimate of drug-likeness (QED) is 0.863. The molecule has 0 aliphatic carbocycles. The van der Waals surface area contributed by atoms with Crippen LogP contribution in [0, 0.1) is 0 Å². The molecule has 1 aromatic carbocycles. The van der Waals surface area contributed by atoms with Gasteiger partial charge in [-0.1, -0.05) is 26.0 Å². The Balaban J connectivity index is 1.86. The van der Waals surface area contributed by atoms with E-state index in [0.717, 1.165) is 18.8 Å². The van der Waals surface area contributed by atoms with E-state index in [1.54, 1.807) is 6.07 Å². The molecule has 0 saturated carbocycles. The van der Waals surface area contributed by atoms with Crippen LogP contribution in [0.15, 0.2) is 24.3 Å². The largest absolute Gasteiger partial charge is 0.506 e. The number of carbonyl (C=O) groups excluding carboxylic acids is 1. The Morgan fingerprint density at radius 2 is 1.90 bits per heavy atom. The molecule has 0 atom stereocenters. The van der Waals surface area contributed by atoms with Crippen LogP contribution in [-0.4, -0.2) is 54.7 Å². The highest BCUT2D eigenvalue weighted by atomic mass is 16.3. The van der Waals surface area contributed by atoms with Crippen molar-refractivity contribution >= 4 is 11.6 Å². The van der Waals surface area contributed by atoms with Gasteiger partial charge in [0.2, 0.25) is 5.91 Å². The fourth-order valence-corrected chi connectivity index (χ4v) is 2.33. The van der Waals surface area contributed by atoms with Crippen LogP contribution >= 0.6 is 0 Å². The number of phenols is 1. The number of phenolic OH excluding ortho intramolecular Hbond substituents is 1. The maximum atomic E-state index is 12.0. The number of piperazine rings is 1. The number of benzene rings is 1. The van der Waals surface area contributed by atoms with Crippen molar-refractivity contribution < 1.29 is 9.90 Å². The summed E-state index contributed by atoms with van der Waals surface area (Å²) in [5.74, 6) is 0.449. The molecule has 0 aromatic heterocycles. The lowest BCUT2D eigenvalue weighted by Gasteiger charge is -2.36. The summed E-state index contributed by atoms with van der Waals surface area (Å²) in [6, 6.07) is 7.66. The van der Waals surface area contributed by atoms with E-state index in [4.69, 9.17) is 0 Å². The Labute approximate surface area is 120 Å². The van der Waals surface area contributed by atoms with Gasteiger partial charge in [-0.3, -0.25) is 4.79 Å². The van der Waals surface area contributed by atoms with Crippen LogP contribution < -0.4 is 10.2 Å². The number of hydrogen-bond donors (Lipinski definition) is 2. The van der Waals surface area contributed by atoms with Crippen molar-refractivity contribution in [3.05, 3.63) is 24.3 Å². The number of nitrogens with one attached hydrogen (secondary N) is 1. The SMILES string of the molecule is CC(C)NCC(=O)N1CCN(c2ccccc2O)CC1. The number of hydrogen-bond acceptors (Lipinski definition) is 4. The van der Waals surface area contributed by atoms with Crippen LogP contribution in [0.25, 0.3) is 0 Å². The number of rotatable bonds is 4. The van der Waals surface area contributed by atoms with Gasteiger partial charge >= 0.3 is 0 Å². The van der Waals surface area contributed by atoms with Gasteiger partial charge < -0.3 is 20.2 Å². The molecular formula is C15H23N3O2. The molecule has 5 heteroatoms. The van der Waals surface area contributed by atoms with E-state index in [9.17, 15) is 9.90 Å². The minimum Gasteiger partial charge on any atom is -0.506 e. The van der Waals surface area contributed by atoms with Crippen LogP contribution in [0.5, 0.6) is 5.75 Å². The molecule has 0 unspecified atom stereocenters. The zero-order valence-corrected chi connectivity index (χ0v) is 12.2. The zero-order chi connectivity index (χ0) is 14.5. The first-order valence-corrected chi connectivity index (χ1v) is 7.12. The highest BCUT2D eigenvalue weighted by Crippen LogP contribution is 2.27.